The summed E-state index contributed by atoms with van der Waals surface area (Å²) >= 11 is 0. The molecular weight excluding hydrogens is 340 g/mol. The second-order valence-electron chi connectivity index (χ2n) is 4.56. The minimum Gasteiger partial charge on any atom is -0.496 e. The molecule has 0 aromatic heterocycles. The van der Waals surface area contributed by atoms with E-state index in [2.05, 4.69) is 14.8 Å². The predicted molar refractivity (Wildman–Crippen MR) is 81.5 cm³/mol. The number of hydrogen-bond acceptors (Lipinski definition) is 10. The number of benzene rings is 1. The molecule has 0 fully saturated rings. The van der Waals surface area contributed by atoms with Crippen molar-refractivity contribution in [2.75, 3.05) is 35.0 Å². The highest BCUT2D eigenvalue weighted by atomic mass is 17.5. The molecule has 1 aromatic rings. The van der Waals surface area contributed by atoms with Gasteiger partial charge in [-0.1, -0.05) is 0 Å². The van der Waals surface area contributed by atoms with Gasteiger partial charge in [-0.2, -0.15) is 0 Å². The van der Waals surface area contributed by atoms with Gasteiger partial charge in [0.05, 0.1) is 33.0 Å². The summed E-state index contributed by atoms with van der Waals surface area (Å²) in [7, 11) is 5.63. The lowest BCUT2D eigenvalue weighted by molar-refractivity contribution is -0.453. The van der Waals surface area contributed by atoms with Crippen LogP contribution in [0.25, 0.3) is 0 Å². The summed E-state index contributed by atoms with van der Waals surface area (Å²) in [6.07, 6.45) is -1.76. The van der Waals surface area contributed by atoms with Crippen molar-refractivity contribution < 1.29 is 48.1 Å². The SMILES string of the molecule is COCC(C)OC(=O)OOOC(=O)c1cc(OC)c(OC)cc1OC. The van der Waals surface area contributed by atoms with Crippen LogP contribution in [0.1, 0.15) is 17.3 Å². The Labute approximate surface area is 144 Å². The molecule has 1 rings (SSSR count). The molecule has 10 nitrogen and oxygen atoms in total. The third-order valence-corrected chi connectivity index (χ3v) is 2.84. The Morgan fingerprint density at radius 2 is 1.52 bits per heavy atom. The molecule has 1 aromatic carbocycles. The fourth-order valence-corrected chi connectivity index (χ4v) is 1.76. The molecule has 0 saturated heterocycles. The number of carbonyl (C=O) groups excluding carboxylic acids is 2. The highest BCUT2D eigenvalue weighted by molar-refractivity contribution is 5.93. The van der Waals surface area contributed by atoms with Gasteiger partial charge in [0.25, 0.3) is 0 Å². The molecule has 0 amide bonds. The van der Waals surface area contributed by atoms with Crippen molar-refractivity contribution >= 4 is 12.1 Å². The number of carbonyl (C=O) groups is 2. The van der Waals surface area contributed by atoms with E-state index in [0.29, 0.717) is 5.75 Å². The zero-order valence-corrected chi connectivity index (χ0v) is 14.5. The number of ether oxygens (including phenoxy) is 5. The van der Waals surface area contributed by atoms with Crippen molar-refractivity contribution in [3.8, 4) is 17.2 Å². The maximum atomic E-state index is 12.0. The van der Waals surface area contributed by atoms with E-state index in [-0.39, 0.29) is 23.7 Å². The van der Waals surface area contributed by atoms with Gasteiger partial charge >= 0.3 is 12.1 Å². The monoisotopic (exact) mass is 360 g/mol. The zero-order valence-electron chi connectivity index (χ0n) is 14.5. The average molecular weight is 360 g/mol. The van der Waals surface area contributed by atoms with Crippen molar-refractivity contribution in [2.24, 2.45) is 0 Å². The van der Waals surface area contributed by atoms with Crippen molar-refractivity contribution in [3.05, 3.63) is 17.7 Å². The maximum absolute atomic E-state index is 12.0. The zero-order chi connectivity index (χ0) is 18.8. The lowest BCUT2D eigenvalue weighted by Gasteiger charge is -2.13. The third-order valence-electron chi connectivity index (χ3n) is 2.84. The summed E-state index contributed by atoms with van der Waals surface area (Å²) in [6, 6.07) is 2.75. The molecule has 0 spiro atoms. The number of rotatable bonds is 9. The standard InChI is InChI=1S/C15H20O10/c1-9(8-18-2)22-15(17)24-25-23-14(16)10-6-12(20-4)13(21-5)7-11(10)19-3/h6-7,9H,8H2,1-5H3. The summed E-state index contributed by atoms with van der Waals surface area (Å²) in [5.74, 6) is -0.231. The van der Waals surface area contributed by atoms with Gasteiger partial charge in [0.15, 0.2) is 11.5 Å². The Balaban J connectivity index is 2.67. The van der Waals surface area contributed by atoms with Crippen LogP contribution in [0.2, 0.25) is 0 Å². The molecule has 0 saturated carbocycles. The summed E-state index contributed by atoms with van der Waals surface area (Å²) < 4.78 is 24.8. The van der Waals surface area contributed by atoms with Gasteiger partial charge in [-0.3, -0.25) is 4.89 Å². The largest absolute Gasteiger partial charge is 0.543 e. The van der Waals surface area contributed by atoms with Crippen molar-refractivity contribution in [1.82, 2.24) is 0 Å². The van der Waals surface area contributed by atoms with Crippen LogP contribution in [0.3, 0.4) is 0 Å². The fraction of sp³-hybridized carbons (Fsp3) is 0.467. The number of hydrogen-bond donors (Lipinski definition) is 0. The van der Waals surface area contributed by atoms with E-state index in [1.807, 2.05) is 0 Å². The Hall–Kier alpha value is -2.72. The summed E-state index contributed by atoms with van der Waals surface area (Å²) in [4.78, 5) is 31.9. The van der Waals surface area contributed by atoms with Gasteiger partial charge in [0.1, 0.15) is 17.4 Å². The molecule has 0 aliphatic heterocycles. The molecule has 1 atom stereocenters. The molecule has 140 valence electrons. The average Bonchev–Trinajstić information content (AvgIpc) is 2.60. The summed E-state index contributed by atoms with van der Waals surface area (Å²) in [5, 5.41) is 4.13. The Morgan fingerprint density at radius 3 is 2.08 bits per heavy atom. The highest BCUT2D eigenvalue weighted by Gasteiger charge is 2.21. The van der Waals surface area contributed by atoms with Crippen LogP contribution < -0.4 is 14.2 Å². The van der Waals surface area contributed by atoms with E-state index in [4.69, 9.17) is 23.7 Å². The molecule has 0 aliphatic carbocycles. The van der Waals surface area contributed by atoms with E-state index in [1.165, 1.54) is 40.6 Å². The minimum atomic E-state index is -1.20. The van der Waals surface area contributed by atoms with Crippen LogP contribution in [-0.4, -0.2) is 53.3 Å². The van der Waals surface area contributed by atoms with Gasteiger partial charge < -0.3 is 23.7 Å². The molecule has 1 unspecified atom stereocenters. The minimum absolute atomic E-state index is 0.0372. The molecule has 25 heavy (non-hydrogen) atoms. The summed E-state index contributed by atoms with van der Waals surface area (Å²) in [5.41, 5.74) is -0.0372. The van der Waals surface area contributed by atoms with Crippen molar-refractivity contribution in [3.63, 3.8) is 0 Å². The fourth-order valence-electron chi connectivity index (χ4n) is 1.76. The second-order valence-corrected chi connectivity index (χ2v) is 4.56. The molecule has 0 heterocycles. The van der Waals surface area contributed by atoms with Crippen molar-refractivity contribution in [2.45, 2.75) is 13.0 Å². The molecule has 0 aliphatic rings. The van der Waals surface area contributed by atoms with Crippen LogP contribution >= 0.6 is 0 Å². The maximum Gasteiger partial charge on any atom is 0.543 e. The van der Waals surface area contributed by atoms with E-state index in [9.17, 15) is 9.59 Å². The van der Waals surface area contributed by atoms with Gasteiger partial charge in [-0.15, -0.1) is 0 Å². The van der Waals surface area contributed by atoms with Gasteiger partial charge in [0.2, 0.25) is 0 Å². The van der Waals surface area contributed by atoms with E-state index < -0.39 is 18.2 Å². The first kappa shape index (κ1) is 20.3. The first-order chi connectivity index (χ1) is 12.0. The Kier molecular flexibility index (Phi) is 8.30. The molecule has 0 N–H and O–H groups in total. The highest BCUT2D eigenvalue weighted by Crippen LogP contribution is 2.34. The Morgan fingerprint density at radius 1 is 0.920 bits per heavy atom. The van der Waals surface area contributed by atoms with E-state index in [0.717, 1.165) is 0 Å². The van der Waals surface area contributed by atoms with Crippen LogP contribution in [0.4, 0.5) is 4.79 Å². The molecular formula is C15H20O10. The lowest BCUT2D eigenvalue weighted by Crippen LogP contribution is -2.21. The molecule has 10 heteroatoms. The van der Waals surface area contributed by atoms with Gasteiger partial charge in [-0.05, 0) is 6.92 Å². The van der Waals surface area contributed by atoms with Crippen LogP contribution in [0.5, 0.6) is 17.2 Å². The second kappa shape index (κ2) is 10.2. The van der Waals surface area contributed by atoms with Crippen LogP contribution in [0, 0.1) is 0 Å². The van der Waals surface area contributed by atoms with Crippen LogP contribution in [0.15, 0.2) is 12.1 Å². The first-order valence-electron chi connectivity index (χ1n) is 7.01. The molecule has 0 bridgehead atoms. The predicted octanol–water partition coefficient (Wildman–Crippen LogP) is 1.90. The summed E-state index contributed by atoms with van der Waals surface area (Å²) in [6.45, 7) is 1.74. The lowest BCUT2D eigenvalue weighted by atomic mass is 10.1. The van der Waals surface area contributed by atoms with Gasteiger partial charge in [-0.25, -0.2) is 14.5 Å². The topological polar surface area (TPSA) is 108 Å². The Bertz CT molecular complexity index is 586. The van der Waals surface area contributed by atoms with E-state index in [1.54, 1.807) is 6.92 Å². The van der Waals surface area contributed by atoms with Gasteiger partial charge in [0, 0.05) is 19.2 Å². The van der Waals surface area contributed by atoms with E-state index >= 15 is 0 Å². The molecule has 0 radical (unpaired) electrons. The van der Waals surface area contributed by atoms with Crippen molar-refractivity contribution in [1.29, 1.82) is 0 Å². The van der Waals surface area contributed by atoms with Crippen LogP contribution in [-0.2, 0) is 24.3 Å². The smallest absolute Gasteiger partial charge is 0.496 e. The third kappa shape index (κ3) is 6.01. The quantitative estimate of drug-likeness (QED) is 0.368. The number of methoxy groups -OCH3 is 4. The first-order valence-corrected chi connectivity index (χ1v) is 7.01. The normalized spacial score (nSPS) is 11.2.